The number of ether oxygens (including phenoxy) is 2. The molecule has 0 saturated heterocycles. The minimum Gasteiger partial charge on any atom is -0.497 e. The van der Waals surface area contributed by atoms with Crippen LogP contribution in [0.15, 0.2) is 102 Å². The molecule has 192 valence electrons. The van der Waals surface area contributed by atoms with Crippen LogP contribution in [0.3, 0.4) is 0 Å². The monoisotopic (exact) mass is 527 g/mol. The molecule has 0 saturated carbocycles. The molecule has 0 aliphatic heterocycles. The first-order valence-electron chi connectivity index (χ1n) is 12.0. The Morgan fingerprint density at radius 3 is 2.39 bits per heavy atom. The average Bonchev–Trinajstić information content (AvgIpc) is 3.58. The average molecular weight is 528 g/mol. The Hall–Kier alpha value is -4.49. The SMILES string of the molecule is COc1ccc(Oc2c(CN(Cc3ccccc3)C(=O)c3ccco3)c(C)nn2-c2cccc(Cl)c2)cc1. The normalized spacial score (nSPS) is 10.8. The standard InChI is InChI=1S/C30H26ClN3O4/c1-21-27(20-33(19-22-8-4-3-5-9-22)29(35)28-12-7-17-37-28)30(38-26-15-13-25(36-2)14-16-26)34(32-21)24-11-6-10-23(31)18-24/h3-18H,19-20H2,1-2H3. The summed E-state index contributed by atoms with van der Waals surface area (Å²) in [7, 11) is 1.61. The third-order valence-corrected chi connectivity index (χ3v) is 6.28. The van der Waals surface area contributed by atoms with Gasteiger partial charge in [-0.1, -0.05) is 48.0 Å². The first-order valence-corrected chi connectivity index (χ1v) is 12.4. The molecule has 5 aromatic rings. The quantitative estimate of drug-likeness (QED) is 0.205. The molecule has 0 N–H and O–H groups in total. The van der Waals surface area contributed by atoms with Gasteiger partial charge < -0.3 is 18.8 Å². The Labute approximate surface area is 225 Å². The van der Waals surface area contributed by atoms with Crippen LogP contribution in [0.5, 0.6) is 17.4 Å². The van der Waals surface area contributed by atoms with Crippen molar-refractivity contribution in [3.8, 4) is 23.1 Å². The van der Waals surface area contributed by atoms with Gasteiger partial charge in [-0.2, -0.15) is 5.10 Å². The fraction of sp³-hybridized carbons (Fsp3) is 0.133. The van der Waals surface area contributed by atoms with Crippen molar-refractivity contribution >= 4 is 17.5 Å². The van der Waals surface area contributed by atoms with Crippen molar-refractivity contribution < 1.29 is 18.7 Å². The maximum atomic E-state index is 13.5. The molecule has 0 aliphatic rings. The maximum Gasteiger partial charge on any atom is 0.290 e. The van der Waals surface area contributed by atoms with Crippen LogP contribution in [-0.2, 0) is 13.1 Å². The molecular formula is C30H26ClN3O4. The summed E-state index contributed by atoms with van der Waals surface area (Å²) < 4.78 is 18.9. The van der Waals surface area contributed by atoms with Crippen LogP contribution in [0.4, 0.5) is 0 Å². The number of furan rings is 1. The molecule has 0 atom stereocenters. The number of methoxy groups -OCH3 is 1. The number of rotatable bonds is 9. The van der Waals surface area contributed by atoms with Gasteiger partial charge in [0.15, 0.2) is 5.76 Å². The lowest BCUT2D eigenvalue weighted by Crippen LogP contribution is -2.30. The maximum absolute atomic E-state index is 13.5. The number of aromatic nitrogens is 2. The van der Waals surface area contributed by atoms with E-state index in [4.69, 9.17) is 30.6 Å². The van der Waals surface area contributed by atoms with Gasteiger partial charge >= 0.3 is 0 Å². The van der Waals surface area contributed by atoms with Crippen LogP contribution in [0.1, 0.15) is 27.4 Å². The van der Waals surface area contributed by atoms with Gasteiger partial charge in [0.25, 0.3) is 5.91 Å². The van der Waals surface area contributed by atoms with Gasteiger partial charge in [0.2, 0.25) is 5.88 Å². The van der Waals surface area contributed by atoms with Gasteiger partial charge in [0, 0.05) is 11.6 Å². The van der Waals surface area contributed by atoms with Gasteiger partial charge in [-0.3, -0.25) is 4.79 Å². The van der Waals surface area contributed by atoms with Gasteiger partial charge in [-0.25, -0.2) is 4.68 Å². The number of nitrogens with zero attached hydrogens (tertiary/aromatic N) is 3. The van der Waals surface area contributed by atoms with E-state index >= 15 is 0 Å². The lowest BCUT2D eigenvalue weighted by Gasteiger charge is -2.22. The fourth-order valence-electron chi connectivity index (χ4n) is 4.11. The molecule has 7 nitrogen and oxygen atoms in total. The molecule has 0 aliphatic carbocycles. The molecule has 0 fully saturated rings. The lowest BCUT2D eigenvalue weighted by atomic mass is 10.1. The second-order valence-electron chi connectivity index (χ2n) is 8.66. The highest BCUT2D eigenvalue weighted by atomic mass is 35.5. The van der Waals surface area contributed by atoms with Gasteiger partial charge in [-0.05, 0) is 67.1 Å². The van der Waals surface area contributed by atoms with Crippen LogP contribution in [0.2, 0.25) is 5.02 Å². The first kappa shape index (κ1) is 25.2. The van der Waals surface area contributed by atoms with E-state index in [-0.39, 0.29) is 18.2 Å². The zero-order valence-electron chi connectivity index (χ0n) is 21.0. The number of hydrogen-bond donors (Lipinski definition) is 0. The minimum absolute atomic E-state index is 0.232. The molecule has 5 rings (SSSR count). The highest BCUT2D eigenvalue weighted by Gasteiger charge is 2.26. The van der Waals surface area contributed by atoms with Crippen molar-refractivity contribution in [2.75, 3.05) is 7.11 Å². The number of amides is 1. The highest BCUT2D eigenvalue weighted by molar-refractivity contribution is 6.30. The van der Waals surface area contributed by atoms with Crippen LogP contribution in [-0.4, -0.2) is 27.7 Å². The summed E-state index contributed by atoms with van der Waals surface area (Å²) in [6.45, 7) is 2.52. The van der Waals surface area contributed by atoms with Crippen molar-refractivity contribution in [3.05, 3.63) is 125 Å². The van der Waals surface area contributed by atoms with E-state index in [9.17, 15) is 4.79 Å². The highest BCUT2D eigenvalue weighted by Crippen LogP contribution is 2.33. The van der Waals surface area contributed by atoms with E-state index in [1.807, 2.05) is 79.7 Å². The zero-order valence-corrected chi connectivity index (χ0v) is 21.8. The van der Waals surface area contributed by atoms with Gasteiger partial charge in [0.05, 0.1) is 36.9 Å². The number of carbonyl (C=O) groups is 1. The van der Waals surface area contributed by atoms with Crippen molar-refractivity contribution in [1.82, 2.24) is 14.7 Å². The molecular weight excluding hydrogens is 502 g/mol. The smallest absolute Gasteiger partial charge is 0.290 e. The Morgan fingerprint density at radius 1 is 0.947 bits per heavy atom. The van der Waals surface area contributed by atoms with Gasteiger partial charge in [0.1, 0.15) is 11.5 Å². The van der Waals surface area contributed by atoms with Crippen LogP contribution >= 0.6 is 11.6 Å². The van der Waals surface area contributed by atoms with Crippen LogP contribution in [0.25, 0.3) is 5.69 Å². The van der Waals surface area contributed by atoms with Crippen molar-refractivity contribution in [1.29, 1.82) is 0 Å². The largest absolute Gasteiger partial charge is 0.497 e. The number of benzene rings is 3. The summed E-state index contributed by atoms with van der Waals surface area (Å²) in [5, 5.41) is 5.36. The molecule has 1 amide bonds. The molecule has 0 spiro atoms. The molecule has 3 aromatic carbocycles. The predicted octanol–water partition coefficient (Wildman–Crippen LogP) is 7.07. The minimum atomic E-state index is -0.232. The van der Waals surface area contributed by atoms with Gasteiger partial charge in [-0.15, -0.1) is 0 Å². The third-order valence-electron chi connectivity index (χ3n) is 6.05. The molecule has 8 heteroatoms. The van der Waals surface area contributed by atoms with Crippen molar-refractivity contribution in [2.45, 2.75) is 20.0 Å². The summed E-state index contributed by atoms with van der Waals surface area (Å²) in [4.78, 5) is 15.2. The molecule has 2 aromatic heterocycles. The lowest BCUT2D eigenvalue weighted by molar-refractivity contribution is 0.0696. The predicted molar refractivity (Wildman–Crippen MR) is 145 cm³/mol. The third kappa shape index (κ3) is 5.58. The summed E-state index contributed by atoms with van der Waals surface area (Å²) in [6, 6.07) is 27.8. The first-order chi connectivity index (χ1) is 18.5. The molecule has 0 radical (unpaired) electrons. The number of hydrogen-bond acceptors (Lipinski definition) is 5. The van der Waals surface area contributed by atoms with E-state index in [1.54, 1.807) is 34.9 Å². The summed E-state index contributed by atoms with van der Waals surface area (Å²) >= 11 is 6.30. The Kier molecular flexibility index (Phi) is 7.47. The topological polar surface area (TPSA) is 69.7 Å². The Balaban J connectivity index is 1.57. The number of halogens is 1. The van der Waals surface area contributed by atoms with Crippen molar-refractivity contribution in [3.63, 3.8) is 0 Å². The second kappa shape index (κ2) is 11.3. The van der Waals surface area contributed by atoms with E-state index < -0.39 is 0 Å². The Morgan fingerprint density at radius 2 is 1.71 bits per heavy atom. The van der Waals surface area contributed by atoms with E-state index in [0.29, 0.717) is 23.2 Å². The summed E-state index contributed by atoms with van der Waals surface area (Å²) in [5.74, 6) is 1.83. The van der Waals surface area contributed by atoms with Crippen LogP contribution < -0.4 is 9.47 Å². The molecule has 38 heavy (non-hydrogen) atoms. The van der Waals surface area contributed by atoms with E-state index in [1.165, 1.54) is 6.26 Å². The summed E-state index contributed by atoms with van der Waals surface area (Å²) in [6.07, 6.45) is 1.49. The summed E-state index contributed by atoms with van der Waals surface area (Å²) in [5.41, 5.74) is 3.21. The fourth-order valence-corrected chi connectivity index (χ4v) is 4.30. The zero-order chi connectivity index (χ0) is 26.5. The molecule has 0 unspecified atom stereocenters. The second-order valence-corrected chi connectivity index (χ2v) is 9.10. The van der Waals surface area contributed by atoms with E-state index in [0.717, 1.165) is 28.3 Å². The number of aryl methyl sites for hydroxylation is 1. The number of carbonyl (C=O) groups excluding carboxylic acids is 1. The van der Waals surface area contributed by atoms with Crippen molar-refractivity contribution in [2.24, 2.45) is 0 Å². The van der Waals surface area contributed by atoms with E-state index in [2.05, 4.69) is 0 Å². The van der Waals surface area contributed by atoms with Crippen LogP contribution in [0, 0.1) is 6.92 Å². The Bertz CT molecular complexity index is 1510. The molecule has 2 heterocycles. The molecule has 0 bridgehead atoms.